The van der Waals surface area contributed by atoms with Crippen molar-refractivity contribution in [3.8, 4) is 0 Å². The molecule has 1 aromatic heterocycles. The van der Waals surface area contributed by atoms with Gasteiger partial charge in [0.1, 0.15) is 0 Å². The SMILES string of the molecule is CN1CCC(CN(C)c2ncc(CCl)cn2)C1. The Labute approximate surface area is 108 Å². The quantitative estimate of drug-likeness (QED) is 0.764. The minimum atomic E-state index is 0.470. The van der Waals surface area contributed by atoms with Crippen molar-refractivity contribution in [3.05, 3.63) is 18.0 Å². The first-order valence-electron chi connectivity index (χ1n) is 5.95. The van der Waals surface area contributed by atoms with Crippen LogP contribution in [0.2, 0.25) is 0 Å². The summed E-state index contributed by atoms with van der Waals surface area (Å²) >= 11 is 5.71. The second kappa shape index (κ2) is 5.65. The van der Waals surface area contributed by atoms with Gasteiger partial charge >= 0.3 is 0 Å². The number of nitrogens with zero attached hydrogens (tertiary/aromatic N) is 4. The first-order chi connectivity index (χ1) is 8.19. The van der Waals surface area contributed by atoms with Crippen LogP contribution in [-0.4, -0.2) is 48.6 Å². The molecule has 5 heteroatoms. The van der Waals surface area contributed by atoms with E-state index in [1.807, 2.05) is 7.05 Å². The molecule has 0 amide bonds. The number of rotatable bonds is 4. The molecule has 0 N–H and O–H groups in total. The van der Waals surface area contributed by atoms with Gasteiger partial charge in [0.2, 0.25) is 5.95 Å². The van der Waals surface area contributed by atoms with Crippen LogP contribution < -0.4 is 4.90 Å². The van der Waals surface area contributed by atoms with Crippen LogP contribution in [0, 0.1) is 5.92 Å². The Bertz CT molecular complexity index is 354. The summed E-state index contributed by atoms with van der Waals surface area (Å²) < 4.78 is 0. The zero-order valence-electron chi connectivity index (χ0n) is 10.4. The molecule has 1 saturated heterocycles. The lowest BCUT2D eigenvalue weighted by Crippen LogP contribution is -2.28. The normalized spacial score (nSPS) is 20.8. The summed E-state index contributed by atoms with van der Waals surface area (Å²) in [5.74, 6) is 1.98. The zero-order chi connectivity index (χ0) is 12.3. The number of hydrogen-bond donors (Lipinski definition) is 0. The molecule has 0 spiro atoms. The van der Waals surface area contributed by atoms with Gasteiger partial charge in [-0.25, -0.2) is 9.97 Å². The van der Waals surface area contributed by atoms with Crippen LogP contribution >= 0.6 is 11.6 Å². The van der Waals surface area contributed by atoms with Gasteiger partial charge in [0.15, 0.2) is 0 Å². The third-order valence-electron chi connectivity index (χ3n) is 3.21. The number of anilines is 1. The molecule has 4 nitrogen and oxygen atoms in total. The molecular weight excluding hydrogens is 236 g/mol. The topological polar surface area (TPSA) is 32.3 Å². The van der Waals surface area contributed by atoms with Crippen LogP contribution in [0.25, 0.3) is 0 Å². The van der Waals surface area contributed by atoms with E-state index in [-0.39, 0.29) is 0 Å². The average Bonchev–Trinajstić information content (AvgIpc) is 2.75. The standard InChI is InChI=1S/C12H19ClN4/c1-16-4-3-10(8-16)9-17(2)12-14-6-11(5-13)7-15-12/h6-7,10H,3-5,8-9H2,1-2H3. The van der Waals surface area contributed by atoms with Gasteiger partial charge < -0.3 is 9.80 Å². The van der Waals surface area contributed by atoms with Crippen molar-refractivity contribution >= 4 is 17.5 Å². The first-order valence-corrected chi connectivity index (χ1v) is 6.49. The lowest BCUT2D eigenvalue weighted by atomic mass is 10.1. The Morgan fingerprint density at radius 3 is 2.71 bits per heavy atom. The van der Waals surface area contributed by atoms with Crippen LogP contribution in [0.3, 0.4) is 0 Å². The molecule has 17 heavy (non-hydrogen) atoms. The van der Waals surface area contributed by atoms with Crippen LogP contribution in [-0.2, 0) is 5.88 Å². The molecule has 0 saturated carbocycles. The first kappa shape index (κ1) is 12.6. The summed E-state index contributed by atoms with van der Waals surface area (Å²) in [6.07, 6.45) is 4.86. The predicted octanol–water partition coefficient (Wildman–Crippen LogP) is 1.60. The largest absolute Gasteiger partial charge is 0.344 e. The molecule has 1 atom stereocenters. The molecule has 0 radical (unpaired) electrons. The monoisotopic (exact) mass is 254 g/mol. The molecule has 0 aliphatic carbocycles. The van der Waals surface area contributed by atoms with Crippen molar-refractivity contribution < 1.29 is 0 Å². The smallest absolute Gasteiger partial charge is 0.225 e. The van der Waals surface area contributed by atoms with Gasteiger partial charge in [-0.3, -0.25) is 0 Å². The number of hydrogen-bond acceptors (Lipinski definition) is 4. The summed E-state index contributed by atoms with van der Waals surface area (Å²) in [6.45, 7) is 3.39. The van der Waals surface area contributed by atoms with Gasteiger partial charge in [-0.1, -0.05) is 0 Å². The van der Waals surface area contributed by atoms with E-state index < -0.39 is 0 Å². The van der Waals surface area contributed by atoms with Gasteiger partial charge in [-0.2, -0.15) is 0 Å². The van der Waals surface area contributed by atoms with Crippen LogP contribution in [0.4, 0.5) is 5.95 Å². The average molecular weight is 255 g/mol. The van der Waals surface area contributed by atoms with Crippen molar-refractivity contribution in [3.63, 3.8) is 0 Å². The molecule has 2 heterocycles. The second-order valence-electron chi connectivity index (χ2n) is 4.82. The van der Waals surface area contributed by atoms with E-state index >= 15 is 0 Å². The summed E-state index contributed by atoms with van der Waals surface area (Å²) in [6, 6.07) is 0. The van der Waals surface area contributed by atoms with Crippen molar-refractivity contribution in [2.45, 2.75) is 12.3 Å². The third-order valence-corrected chi connectivity index (χ3v) is 3.52. The molecular formula is C12H19ClN4. The number of aromatic nitrogens is 2. The van der Waals surface area contributed by atoms with Crippen LogP contribution in [0.15, 0.2) is 12.4 Å². The van der Waals surface area contributed by atoms with E-state index in [0.29, 0.717) is 5.88 Å². The van der Waals surface area contributed by atoms with Gasteiger partial charge in [0.25, 0.3) is 0 Å². The fourth-order valence-electron chi connectivity index (χ4n) is 2.26. The Kier molecular flexibility index (Phi) is 4.18. The molecule has 0 aromatic carbocycles. The molecule has 1 aliphatic rings. The second-order valence-corrected chi connectivity index (χ2v) is 5.09. The summed E-state index contributed by atoms with van der Waals surface area (Å²) in [4.78, 5) is 13.2. The molecule has 0 bridgehead atoms. The van der Waals surface area contributed by atoms with Gasteiger partial charge in [-0.05, 0) is 25.9 Å². The number of halogens is 1. The van der Waals surface area contributed by atoms with E-state index in [0.717, 1.165) is 24.0 Å². The molecule has 1 unspecified atom stereocenters. The molecule has 1 aromatic rings. The van der Waals surface area contributed by atoms with E-state index in [1.165, 1.54) is 19.5 Å². The third kappa shape index (κ3) is 3.30. The highest BCUT2D eigenvalue weighted by Crippen LogP contribution is 2.17. The minimum Gasteiger partial charge on any atom is -0.344 e. The molecule has 2 rings (SSSR count). The predicted molar refractivity (Wildman–Crippen MR) is 70.5 cm³/mol. The fourth-order valence-corrected chi connectivity index (χ4v) is 2.40. The summed E-state index contributed by atoms with van der Waals surface area (Å²) in [5.41, 5.74) is 0.962. The highest BCUT2D eigenvalue weighted by Gasteiger charge is 2.21. The van der Waals surface area contributed by atoms with Crippen LogP contribution in [0.1, 0.15) is 12.0 Å². The van der Waals surface area contributed by atoms with Crippen molar-refractivity contribution in [2.24, 2.45) is 5.92 Å². The van der Waals surface area contributed by atoms with Crippen LogP contribution in [0.5, 0.6) is 0 Å². The van der Waals surface area contributed by atoms with Gasteiger partial charge in [0, 0.05) is 38.1 Å². The Morgan fingerprint density at radius 1 is 1.47 bits per heavy atom. The van der Waals surface area contributed by atoms with Crippen molar-refractivity contribution in [2.75, 3.05) is 38.6 Å². The highest BCUT2D eigenvalue weighted by molar-refractivity contribution is 6.17. The lowest BCUT2D eigenvalue weighted by molar-refractivity contribution is 0.395. The Balaban J connectivity index is 1.92. The maximum Gasteiger partial charge on any atom is 0.225 e. The van der Waals surface area contributed by atoms with E-state index in [1.54, 1.807) is 12.4 Å². The molecule has 1 aliphatic heterocycles. The maximum absolute atomic E-state index is 5.71. The Hall–Kier alpha value is -0.870. The van der Waals surface area contributed by atoms with E-state index in [9.17, 15) is 0 Å². The lowest BCUT2D eigenvalue weighted by Gasteiger charge is -2.21. The molecule has 94 valence electrons. The van der Waals surface area contributed by atoms with E-state index in [2.05, 4.69) is 26.8 Å². The summed E-state index contributed by atoms with van der Waals surface area (Å²) in [7, 11) is 4.22. The minimum absolute atomic E-state index is 0.470. The van der Waals surface area contributed by atoms with Crippen molar-refractivity contribution in [1.82, 2.24) is 14.9 Å². The van der Waals surface area contributed by atoms with Gasteiger partial charge in [0.05, 0.1) is 5.88 Å². The van der Waals surface area contributed by atoms with Gasteiger partial charge in [-0.15, -0.1) is 11.6 Å². The Morgan fingerprint density at radius 2 is 2.18 bits per heavy atom. The zero-order valence-corrected chi connectivity index (χ0v) is 11.2. The maximum atomic E-state index is 5.71. The van der Waals surface area contributed by atoms with Crippen molar-refractivity contribution in [1.29, 1.82) is 0 Å². The number of likely N-dealkylation sites (tertiary alicyclic amines) is 1. The fraction of sp³-hybridized carbons (Fsp3) is 0.667. The molecule has 1 fully saturated rings. The van der Waals surface area contributed by atoms with E-state index in [4.69, 9.17) is 11.6 Å². The summed E-state index contributed by atoms with van der Waals surface area (Å²) in [5, 5.41) is 0. The number of alkyl halides is 1. The highest BCUT2D eigenvalue weighted by atomic mass is 35.5.